The number of hydrogen-bond acceptors (Lipinski definition) is 3. The second kappa shape index (κ2) is 10.6. The molecule has 0 aromatic carbocycles. The molecule has 41 heavy (non-hydrogen) atoms. The first-order valence-corrected chi connectivity index (χ1v) is 17.3. The third-order valence-electron chi connectivity index (χ3n) is 16.0. The number of rotatable bonds is 9. The molecule has 5 unspecified atom stereocenters. The molecule has 234 valence electrons. The van der Waals surface area contributed by atoms with Gasteiger partial charge in [-0.2, -0.15) is 0 Å². The fourth-order valence-electron chi connectivity index (χ4n) is 13.3. The highest BCUT2D eigenvalue weighted by Gasteiger charge is 2.80. The maximum atomic E-state index is 13.6. The lowest BCUT2D eigenvalue weighted by Gasteiger charge is -2.80. The Kier molecular flexibility index (Phi) is 8.49. The summed E-state index contributed by atoms with van der Waals surface area (Å²) in [6.45, 7) is 28.5. The van der Waals surface area contributed by atoms with Crippen LogP contribution in [0.1, 0.15) is 154 Å². The molecule has 0 N–H and O–H groups in total. The molecular weight excluding hydrogens is 504 g/mol. The zero-order valence-corrected chi connectivity index (χ0v) is 29.0. The van der Waals surface area contributed by atoms with E-state index in [0.717, 1.165) is 57.8 Å². The highest BCUT2D eigenvalue weighted by atomic mass is 16.1. The van der Waals surface area contributed by atoms with E-state index >= 15 is 0 Å². The molecule has 4 aliphatic rings. The monoisotopic (exact) mass is 568 g/mol. The molecule has 0 amide bonds. The van der Waals surface area contributed by atoms with Crippen molar-refractivity contribution in [3.8, 4) is 0 Å². The molecule has 3 nitrogen and oxygen atoms in total. The minimum Gasteiger partial charge on any atom is -0.300 e. The first-order chi connectivity index (χ1) is 18.8. The topological polar surface area (TPSA) is 51.2 Å². The van der Waals surface area contributed by atoms with Crippen LogP contribution in [0, 0.1) is 68.0 Å². The minimum absolute atomic E-state index is 0.00364. The maximum Gasteiger partial charge on any atom is 0.133 e. The fourth-order valence-corrected chi connectivity index (χ4v) is 13.3. The molecule has 0 heterocycles. The Morgan fingerprint density at radius 3 is 2.05 bits per heavy atom. The second-order valence-corrected chi connectivity index (χ2v) is 17.6. The van der Waals surface area contributed by atoms with Crippen LogP contribution in [-0.4, -0.2) is 17.3 Å². The summed E-state index contributed by atoms with van der Waals surface area (Å²) in [6.07, 6.45) is 10.7. The van der Waals surface area contributed by atoms with Crippen molar-refractivity contribution in [1.29, 1.82) is 0 Å². The zero-order chi connectivity index (χ0) is 31.0. The molecule has 11 atom stereocenters. The molecular formula is C38H64O3. The van der Waals surface area contributed by atoms with Gasteiger partial charge in [-0.15, -0.1) is 0 Å². The van der Waals surface area contributed by atoms with Crippen molar-refractivity contribution in [1.82, 2.24) is 0 Å². The van der Waals surface area contributed by atoms with E-state index in [4.69, 9.17) is 0 Å². The molecule has 0 bridgehead atoms. The van der Waals surface area contributed by atoms with E-state index in [9.17, 15) is 14.4 Å². The SMILES string of the molecule is CCC1C[C@]2(C)C(C(CCCC(C)C)C(C)=O)[C@@H](CC(C)=O)C[C@]2(C)[C@@]2(C)CC(C)C3(C)CC(=O)CC[C@]3(C)[C@]12C. The van der Waals surface area contributed by atoms with Gasteiger partial charge in [0.05, 0.1) is 0 Å². The van der Waals surface area contributed by atoms with Gasteiger partial charge >= 0.3 is 0 Å². The van der Waals surface area contributed by atoms with Crippen LogP contribution in [0.15, 0.2) is 0 Å². The summed E-state index contributed by atoms with van der Waals surface area (Å²) in [5.41, 5.74) is 0.191. The summed E-state index contributed by atoms with van der Waals surface area (Å²) in [4.78, 5) is 39.4. The van der Waals surface area contributed by atoms with Crippen LogP contribution in [0.2, 0.25) is 0 Å². The van der Waals surface area contributed by atoms with Gasteiger partial charge in [-0.1, -0.05) is 88.5 Å². The van der Waals surface area contributed by atoms with Gasteiger partial charge in [0.25, 0.3) is 0 Å². The van der Waals surface area contributed by atoms with Crippen LogP contribution in [0.3, 0.4) is 0 Å². The van der Waals surface area contributed by atoms with Crippen LogP contribution in [0.25, 0.3) is 0 Å². The molecule has 0 aromatic heterocycles. The Morgan fingerprint density at radius 1 is 0.878 bits per heavy atom. The van der Waals surface area contributed by atoms with Gasteiger partial charge in [0.2, 0.25) is 0 Å². The molecule has 4 aliphatic carbocycles. The van der Waals surface area contributed by atoms with Gasteiger partial charge in [-0.05, 0) is 108 Å². The predicted octanol–water partition coefficient (Wildman–Crippen LogP) is 9.89. The lowest BCUT2D eigenvalue weighted by Crippen LogP contribution is -2.74. The van der Waals surface area contributed by atoms with Crippen molar-refractivity contribution in [2.24, 2.45) is 68.0 Å². The molecule has 0 aliphatic heterocycles. The summed E-state index contributed by atoms with van der Waals surface area (Å²) >= 11 is 0. The summed E-state index contributed by atoms with van der Waals surface area (Å²) in [5.74, 6) is 3.23. The lowest BCUT2D eigenvalue weighted by atomic mass is 9.24. The van der Waals surface area contributed by atoms with E-state index in [1.807, 2.05) is 6.92 Å². The van der Waals surface area contributed by atoms with Crippen molar-refractivity contribution in [3.05, 3.63) is 0 Å². The lowest BCUT2D eigenvalue weighted by molar-refractivity contribution is -0.320. The largest absolute Gasteiger partial charge is 0.300 e. The van der Waals surface area contributed by atoms with Crippen LogP contribution < -0.4 is 0 Å². The van der Waals surface area contributed by atoms with Gasteiger partial charge in [-0.25, -0.2) is 0 Å². The number of carbonyl (C=O) groups is 3. The van der Waals surface area contributed by atoms with Gasteiger partial charge in [0.1, 0.15) is 17.3 Å². The van der Waals surface area contributed by atoms with Crippen LogP contribution in [0.5, 0.6) is 0 Å². The smallest absolute Gasteiger partial charge is 0.133 e. The Bertz CT molecular complexity index is 1060. The van der Waals surface area contributed by atoms with Crippen LogP contribution in [0.4, 0.5) is 0 Å². The average Bonchev–Trinajstić information content (AvgIpc) is 3.07. The van der Waals surface area contributed by atoms with Crippen LogP contribution in [-0.2, 0) is 14.4 Å². The summed E-state index contributed by atoms with van der Waals surface area (Å²) in [6, 6.07) is 0. The predicted molar refractivity (Wildman–Crippen MR) is 169 cm³/mol. The number of Topliss-reactive ketones (excluding diaryl/α,β-unsaturated/α-hetero) is 3. The number of hydrogen-bond donors (Lipinski definition) is 0. The standard InChI is InChI=1S/C38H64O3/c1-13-29-22-34(8)32(31(27(6)40)16-14-15-24(2)3)28(19-26(5)39)21-36(34,10)37(11)20-25(4)33(7)23-30(41)17-18-35(33,9)38(29,37)12/h24-25,28-29,31-32H,13-23H2,1-12H3/t25?,28-,29?,31?,32?,33?,34+,35-,36-,37+,38-/m0/s1. The molecule has 4 saturated carbocycles. The molecule has 0 radical (unpaired) electrons. The number of carbonyl (C=O) groups excluding carboxylic acids is 3. The Balaban J connectivity index is 1.92. The van der Waals surface area contributed by atoms with Crippen LogP contribution >= 0.6 is 0 Å². The highest BCUT2D eigenvalue weighted by Crippen LogP contribution is 2.86. The Morgan fingerprint density at radius 2 is 1.51 bits per heavy atom. The van der Waals surface area contributed by atoms with E-state index in [0.29, 0.717) is 42.2 Å². The second-order valence-electron chi connectivity index (χ2n) is 17.6. The fraction of sp³-hybridized carbons (Fsp3) is 0.921. The first kappa shape index (κ1) is 32.9. The third kappa shape index (κ3) is 4.26. The van der Waals surface area contributed by atoms with E-state index in [2.05, 4.69) is 69.2 Å². The van der Waals surface area contributed by atoms with Gasteiger partial charge in [0, 0.05) is 25.2 Å². The van der Waals surface area contributed by atoms with E-state index in [1.165, 1.54) is 0 Å². The van der Waals surface area contributed by atoms with Gasteiger partial charge in [0.15, 0.2) is 0 Å². The van der Waals surface area contributed by atoms with Gasteiger partial charge in [-0.3, -0.25) is 9.59 Å². The van der Waals surface area contributed by atoms with Crippen molar-refractivity contribution < 1.29 is 14.4 Å². The van der Waals surface area contributed by atoms with Crippen molar-refractivity contribution in [3.63, 3.8) is 0 Å². The maximum absolute atomic E-state index is 13.6. The minimum atomic E-state index is -0.00940. The van der Waals surface area contributed by atoms with Crippen molar-refractivity contribution >= 4 is 17.3 Å². The zero-order valence-electron chi connectivity index (χ0n) is 29.0. The summed E-state index contributed by atoms with van der Waals surface area (Å²) in [7, 11) is 0. The quantitative estimate of drug-likeness (QED) is 0.278. The van der Waals surface area contributed by atoms with E-state index < -0.39 is 0 Å². The summed E-state index contributed by atoms with van der Waals surface area (Å²) < 4.78 is 0. The van der Waals surface area contributed by atoms with E-state index in [-0.39, 0.29) is 56.0 Å². The normalized spacial score (nSPS) is 48.4. The number of ketones is 3. The van der Waals surface area contributed by atoms with E-state index in [1.54, 1.807) is 6.92 Å². The van der Waals surface area contributed by atoms with Crippen molar-refractivity contribution in [2.75, 3.05) is 0 Å². The highest BCUT2D eigenvalue weighted by molar-refractivity contribution is 5.81. The molecule has 4 fully saturated rings. The van der Waals surface area contributed by atoms with Gasteiger partial charge < -0.3 is 4.79 Å². The Hall–Kier alpha value is -0.990. The molecule has 0 aromatic rings. The molecule has 3 heteroatoms. The number of fused-ring (bicyclic) bond motifs is 5. The van der Waals surface area contributed by atoms with Crippen molar-refractivity contribution in [2.45, 2.75) is 154 Å². The average molecular weight is 569 g/mol. The molecule has 0 spiro atoms. The summed E-state index contributed by atoms with van der Waals surface area (Å²) in [5, 5.41) is 0. The first-order valence-electron chi connectivity index (χ1n) is 17.3. The third-order valence-corrected chi connectivity index (χ3v) is 16.0. The molecule has 4 rings (SSSR count). The Labute approximate surface area is 253 Å². The molecule has 0 saturated heterocycles.